The molecule has 1 aliphatic rings. The number of rotatable bonds is 8. The fraction of sp³-hybridized carbons (Fsp3) is 0.640. The van der Waals surface area contributed by atoms with E-state index in [1.165, 1.54) is 7.11 Å². The topological polar surface area (TPSA) is 97.0 Å². The molecule has 0 bridgehead atoms. The van der Waals surface area contributed by atoms with Gasteiger partial charge in [-0.15, -0.1) is 0 Å². The van der Waals surface area contributed by atoms with Crippen molar-refractivity contribution in [1.29, 1.82) is 0 Å². The summed E-state index contributed by atoms with van der Waals surface area (Å²) in [5.74, 6) is -0.326. The summed E-state index contributed by atoms with van der Waals surface area (Å²) in [6.07, 6.45) is 0.639. The number of esters is 1. The maximum atomic E-state index is 13.2. The van der Waals surface area contributed by atoms with Crippen molar-refractivity contribution < 1.29 is 23.9 Å². The van der Waals surface area contributed by atoms with Gasteiger partial charge in [0.1, 0.15) is 11.6 Å². The van der Waals surface area contributed by atoms with E-state index in [9.17, 15) is 14.4 Å². The molecule has 8 heteroatoms. The lowest BCUT2D eigenvalue weighted by atomic mass is 9.92. The molecule has 33 heavy (non-hydrogen) atoms. The molecule has 1 saturated heterocycles. The van der Waals surface area contributed by atoms with Gasteiger partial charge in [0.15, 0.2) is 0 Å². The second-order valence-corrected chi connectivity index (χ2v) is 10.1. The first-order chi connectivity index (χ1) is 15.4. The lowest BCUT2D eigenvalue weighted by molar-refractivity contribution is -0.155. The van der Waals surface area contributed by atoms with Crippen LogP contribution in [-0.2, 0) is 25.5 Å². The lowest BCUT2D eigenvalue weighted by Gasteiger charge is -2.43. The summed E-state index contributed by atoms with van der Waals surface area (Å²) >= 11 is 0. The molecule has 2 rings (SSSR count). The van der Waals surface area contributed by atoms with Gasteiger partial charge in [-0.1, -0.05) is 44.2 Å². The van der Waals surface area contributed by atoms with Gasteiger partial charge in [0.2, 0.25) is 5.91 Å². The van der Waals surface area contributed by atoms with Crippen molar-refractivity contribution in [2.45, 2.75) is 84.2 Å². The van der Waals surface area contributed by atoms with Gasteiger partial charge < -0.3 is 19.7 Å². The second-order valence-electron chi connectivity index (χ2n) is 10.1. The smallest absolute Gasteiger partial charge is 0.407 e. The van der Waals surface area contributed by atoms with Gasteiger partial charge in [-0.25, -0.2) is 9.59 Å². The maximum absolute atomic E-state index is 13.2. The van der Waals surface area contributed by atoms with E-state index < -0.39 is 29.7 Å². The molecule has 8 nitrogen and oxygen atoms in total. The molecule has 1 fully saturated rings. The van der Waals surface area contributed by atoms with Gasteiger partial charge in [0.25, 0.3) is 0 Å². The molecule has 2 amide bonds. The van der Waals surface area contributed by atoms with Crippen LogP contribution in [0, 0.1) is 5.92 Å². The number of hydrogen-bond donors (Lipinski definition) is 2. The lowest BCUT2D eigenvalue weighted by Crippen LogP contribution is -2.68. The highest BCUT2D eigenvalue weighted by Gasteiger charge is 2.41. The summed E-state index contributed by atoms with van der Waals surface area (Å²) in [7, 11) is 1.32. The van der Waals surface area contributed by atoms with E-state index in [4.69, 9.17) is 9.47 Å². The summed E-state index contributed by atoms with van der Waals surface area (Å²) in [6, 6.07) is 8.00. The molecule has 184 valence electrons. The van der Waals surface area contributed by atoms with E-state index in [1.807, 2.05) is 65.0 Å². The second kappa shape index (κ2) is 11.5. The van der Waals surface area contributed by atoms with Crippen molar-refractivity contribution in [3.8, 4) is 0 Å². The predicted molar refractivity (Wildman–Crippen MR) is 127 cm³/mol. The fourth-order valence-corrected chi connectivity index (χ4v) is 4.04. The number of hydrogen-bond acceptors (Lipinski definition) is 6. The van der Waals surface area contributed by atoms with E-state index >= 15 is 0 Å². The molecular formula is C25H39N3O5. The van der Waals surface area contributed by atoms with E-state index in [-0.39, 0.29) is 30.5 Å². The Hall–Kier alpha value is -2.61. The van der Waals surface area contributed by atoms with Crippen LogP contribution in [0.25, 0.3) is 0 Å². The molecule has 0 aliphatic carbocycles. The van der Waals surface area contributed by atoms with Gasteiger partial charge in [0.05, 0.1) is 19.2 Å². The number of alkyl carbamates (subject to hydrolysis) is 1. The van der Waals surface area contributed by atoms with Crippen LogP contribution in [0.15, 0.2) is 30.3 Å². The zero-order valence-electron chi connectivity index (χ0n) is 20.9. The summed E-state index contributed by atoms with van der Waals surface area (Å²) in [5.41, 5.74) is 0.411. The molecule has 1 aliphatic heterocycles. The number of nitrogens with zero attached hydrogens (tertiary/aromatic N) is 1. The Labute approximate surface area is 197 Å². The van der Waals surface area contributed by atoms with Gasteiger partial charge in [-0.05, 0) is 52.0 Å². The quantitative estimate of drug-likeness (QED) is 0.578. The maximum Gasteiger partial charge on any atom is 0.407 e. The molecule has 0 spiro atoms. The molecule has 0 saturated carbocycles. The SMILES string of the molecule is COC(=O)[C@H](C)N1C[C@@H]([C@H](Cc2ccccc2)NC(=O)OC(C)(C)C)N[C@@H](CC(C)C)C1=O. The van der Waals surface area contributed by atoms with E-state index in [2.05, 4.69) is 10.6 Å². The third kappa shape index (κ3) is 8.03. The summed E-state index contributed by atoms with van der Waals surface area (Å²) in [6.45, 7) is 11.5. The molecule has 2 N–H and O–H groups in total. The van der Waals surface area contributed by atoms with E-state index in [0.29, 0.717) is 12.8 Å². The van der Waals surface area contributed by atoms with Crippen LogP contribution in [0.2, 0.25) is 0 Å². The summed E-state index contributed by atoms with van der Waals surface area (Å²) in [4.78, 5) is 39.7. The van der Waals surface area contributed by atoms with Crippen LogP contribution in [-0.4, -0.2) is 66.3 Å². The van der Waals surface area contributed by atoms with Crippen molar-refractivity contribution in [2.24, 2.45) is 5.92 Å². The average Bonchev–Trinajstić information content (AvgIpc) is 2.72. The zero-order valence-corrected chi connectivity index (χ0v) is 20.9. The molecule has 1 heterocycles. The zero-order chi connectivity index (χ0) is 24.8. The van der Waals surface area contributed by atoms with Gasteiger partial charge in [-0.3, -0.25) is 10.1 Å². The highest BCUT2D eigenvalue weighted by atomic mass is 16.6. The van der Waals surface area contributed by atoms with Crippen LogP contribution >= 0.6 is 0 Å². The van der Waals surface area contributed by atoms with Crippen molar-refractivity contribution in [3.63, 3.8) is 0 Å². The first kappa shape index (κ1) is 26.6. The summed E-state index contributed by atoms with van der Waals surface area (Å²) < 4.78 is 10.4. The van der Waals surface area contributed by atoms with Gasteiger partial charge >= 0.3 is 12.1 Å². The molecule has 0 unspecified atom stereocenters. The van der Waals surface area contributed by atoms with E-state index in [0.717, 1.165) is 5.56 Å². The third-order valence-corrected chi connectivity index (χ3v) is 5.59. The summed E-state index contributed by atoms with van der Waals surface area (Å²) in [5, 5.41) is 6.46. The number of carbonyl (C=O) groups excluding carboxylic acids is 3. The fourth-order valence-electron chi connectivity index (χ4n) is 4.04. The Bertz CT molecular complexity index is 806. The average molecular weight is 462 g/mol. The predicted octanol–water partition coefficient (Wildman–Crippen LogP) is 2.90. The number of piperazine rings is 1. The minimum atomic E-state index is -0.722. The minimum Gasteiger partial charge on any atom is -0.467 e. The van der Waals surface area contributed by atoms with Crippen LogP contribution < -0.4 is 10.6 Å². The first-order valence-corrected chi connectivity index (χ1v) is 11.6. The van der Waals surface area contributed by atoms with Crippen molar-refractivity contribution in [2.75, 3.05) is 13.7 Å². The normalized spacial score (nSPS) is 20.8. The van der Waals surface area contributed by atoms with Crippen LogP contribution in [0.1, 0.15) is 53.5 Å². The highest BCUT2D eigenvalue weighted by molar-refractivity contribution is 5.88. The Morgan fingerprint density at radius 2 is 1.82 bits per heavy atom. The number of ether oxygens (including phenoxy) is 2. The molecule has 0 aromatic heterocycles. The Morgan fingerprint density at radius 3 is 2.36 bits per heavy atom. The number of methoxy groups -OCH3 is 1. The molecular weight excluding hydrogens is 422 g/mol. The Kier molecular flexibility index (Phi) is 9.28. The third-order valence-electron chi connectivity index (χ3n) is 5.59. The molecule has 0 radical (unpaired) electrons. The number of amides is 2. The largest absolute Gasteiger partial charge is 0.467 e. The Balaban J connectivity index is 2.34. The van der Waals surface area contributed by atoms with Gasteiger partial charge in [0, 0.05) is 12.6 Å². The van der Waals surface area contributed by atoms with E-state index in [1.54, 1.807) is 11.8 Å². The minimum absolute atomic E-state index is 0.131. The number of benzene rings is 1. The monoisotopic (exact) mass is 461 g/mol. The number of carbonyl (C=O) groups is 3. The van der Waals surface area contributed by atoms with Crippen molar-refractivity contribution in [1.82, 2.24) is 15.5 Å². The van der Waals surface area contributed by atoms with Crippen molar-refractivity contribution >= 4 is 18.0 Å². The molecule has 4 atom stereocenters. The molecule has 1 aromatic rings. The number of nitrogens with one attached hydrogen (secondary N) is 2. The first-order valence-electron chi connectivity index (χ1n) is 11.6. The van der Waals surface area contributed by atoms with Crippen LogP contribution in [0.3, 0.4) is 0 Å². The molecule has 1 aromatic carbocycles. The standard InChI is InChI=1S/C25H39N3O5/c1-16(2)13-20-22(29)28(17(3)23(30)32-7)15-21(26-20)19(14-18-11-9-8-10-12-18)27-24(31)33-25(4,5)6/h8-12,16-17,19-21,26H,13-15H2,1-7H3,(H,27,31)/t17-,19-,20-,21-/m0/s1. The van der Waals surface area contributed by atoms with Crippen LogP contribution in [0.4, 0.5) is 4.79 Å². The Morgan fingerprint density at radius 1 is 1.18 bits per heavy atom. The highest BCUT2D eigenvalue weighted by Crippen LogP contribution is 2.20. The van der Waals surface area contributed by atoms with Gasteiger partial charge in [-0.2, -0.15) is 0 Å². The van der Waals surface area contributed by atoms with Crippen molar-refractivity contribution in [3.05, 3.63) is 35.9 Å². The van der Waals surface area contributed by atoms with Crippen LogP contribution in [0.5, 0.6) is 0 Å².